The monoisotopic (exact) mass is 316 g/mol. The number of carboxylic acid groups (broad SMARTS) is 1. The molecule has 2 aromatic heterocycles. The Hall–Kier alpha value is -2.34. The zero-order valence-corrected chi connectivity index (χ0v) is 13.4. The molecule has 0 radical (unpaired) electrons. The van der Waals surface area contributed by atoms with Crippen LogP contribution in [0, 0.1) is 13.8 Å². The predicted molar refractivity (Wildman–Crippen MR) is 86.1 cm³/mol. The number of aromatic nitrogens is 2. The number of benzene rings is 1. The molecular formula is C16H16N2O3S. The van der Waals surface area contributed by atoms with Crippen LogP contribution < -0.4 is 4.74 Å². The molecule has 0 spiro atoms. The topological polar surface area (TPSA) is 63.8 Å². The molecule has 0 atom stereocenters. The molecular weight excluding hydrogens is 300 g/mol. The van der Waals surface area contributed by atoms with Crippen molar-refractivity contribution in [3.63, 3.8) is 0 Å². The number of carbonyl (C=O) groups is 1. The van der Waals surface area contributed by atoms with Gasteiger partial charge >= 0.3 is 5.97 Å². The number of hydrogen-bond donors (Lipinski definition) is 1. The van der Waals surface area contributed by atoms with Gasteiger partial charge in [0.1, 0.15) is 5.75 Å². The van der Waals surface area contributed by atoms with Crippen molar-refractivity contribution >= 4 is 22.3 Å². The van der Waals surface area contributed by atoms with Gasteiger partial charge in [0.25, 0.3) is 0 Å². The number of thiazole rings is 1. The van der Waals surface area contributed by atoms with Gasteiger partial charge in [0, 0.05) is 17.1 Å². The van der Waals surface area contributed by atoms with Crippen LogP contribution in [0.4, 0.5) is 0 Å². The summed E-state index contributed by atoms with van der Waals surface area (Å²) in [6.45, 7) is 6.58. The highest BCUT2D eigenvalue weighted by molar-refractivity contribution is 7.15. The molecule has 0 amide bonds. The molecule has 0 saturated carbocycles. The zero-order chi connectivity index (χ0) is 15.9. The second-order valence-electron chi connectivity index (χ2n) is 5.10. The van der Waals surface area contributed by atoms with Crippen LogP contribution in [0.15, 0.2) is 23.7 Å². The Kier molecular flexibility index (Phi) is 3.62. The Morgan fingerprint density at radius 2 is 2.18 bits per heavy atom. The van der Waals surface area contributed by atoms with Gasteiger partial charge in [-0.25, -0.2) is 9.78 Å². The van der Waals surface area contributed by atoms with E-state index in [2.05, 4.69) is 17.1 Å². The van der Waals surface area contributed by atoms with Crippen LogP contribution in [0.5, 0.6) is 5.75 Å². The van der Waals surface area contributed by atoms with Crippen molar-refractivity contribution < 1.29 is 14.6 Å². The van der Waals surface area contributed by atoms with Gasteiger partial charge in [0.15, 0.2) is 10.7 Å². The summed E-state index contributed by atoms with van der Waals surface area (Å²) >= 11 is 1.42. The molecule has 0 bridgehead atoms. The van der Waals surface area contributed by atoms with Gasteiger partial charge in [-0.05, 0) is 38.0 Å². The summed E-state index contributed by atoms with van der Waals surface area (Å²) in [6.07, 6.45) is 1.55. The third-order valence-electron chi connectivity index (χ3n) is 3.41. The molecule has 6 heteroatoms. The molecule has 0 fully saturated rings. The first-order chi connectivity index (χ1) is 10.5. The summed E-state index contributed by atoms with van der Waals surface area (Å²) < 4.78 is 7.61. The fraction of sp³-hybridized carbons (Fsp3) is 0.250. The number of aryl methyl sites for hydroxylation is 2. The third kappa shape index (κ3) is 2.35. The Morgan fingerprint density at radius 3 is 2.86 bits per heavy atom. The quantitative estimate of drug-likeness (QED) is 0.795. The van der Waals surface area contributed by atoms with Crippen LogP contribution in [-0.2, 0) is 0 Å². The van der Waals surface area contributed by atoms with Gasteiger partial charge in [-0.1, -0.05) is 6.07 Å². The van der Waals surface area contributed by atoms with Crippen LogP contribution in [0.2, 0.25) is 0 Å². The number of fused-ring (bicyclic) bond motifs is 1. The maximum Gasteiger partial charge on any atom is 0.356 e. The SMILES string of the molecule is CCOc1c(C)cc(C)cc1-c1csc2nc(C(=O)O)cn12. The van der Waals surface area contributed by atoms with Crippen molar-refractivity contribution in [2.24, 2.45) is 0 Å². The van der Waals surface area contributed by atoms with Crippen molar-refractivity contribution in [2.45, 2.75) is 20.8 Å². The lowest BCUT2D eigenvalue weighted by Crippen LogP contribution is -1.99. The maximum absolute atomic E-state index is 11.1. The molecule has 3 rings (SSSR count). The Bertz CT molecular complexity index is 864. The average Bonchev–Trinajstić information content (AvgIpc) is 3.01. The lowest BCUT2D eigenvalue weighted by atomic mass is 10.0. The number of hydrogen-bond acceptors (Lipinski definition) is 4. The van der Waals surface area contributed by atoms with E-state index in [0.29, 0.717) is 11.6 Å². The van der Waals surface area contributed by atoms with Crippen LogP contribution >= 0.6 is 11.3 Å². The Morgan fingerprint density at radius 1 is 1.41 bits per heavy atom. The van der Waals surface area contributed by atoms with Gasteiger partial charge in [-0.15, -0.1) is 11.3 Å². The molecule has 0 aliphatic heterocycles. The van der Waals surface area contributed by atoms with E-state index in [1.807, 2.05) is 30.6 Å². The molecule has 3 aromatic rings. The fourth-order valence-electron chi connectivity index (χ4n) is 2.56. The largest absolute Gasteiger partial charge is 0.493 e. The van der Waals surface area contributed by atoms with Crippen molar-refractivity contribution in [2.75, 3.05) is 6.61 Å². The molecule has 0 aliphatic carbocycles. The standard InChI is InChI=1S/C16H16N2O3S/c1-4-21-14-10(3)5-9(2)6-11(14)13-8-22-16-17-12(15(19)20)7-18(13)16/h5-8H,4H2,1-3H3,(H,19,20). The molecule has 1 aromatic carbocycles. The summed E-state index contributed by atoms with van der Waals surface area (Å²) in [6, 6.07) is 4.13. The number of imidazole rings is 1. The van der Waals surface area contributed by atoms with Gasteiger partial charge in [-0.2, -0.15) is 0 Å². The summed E-state index contributed by atoms with van der Waals surface area (Å²) in [4.78, 5) is 15.9. The lowest BCUT2D eigenvalue weighted by Gasteiger charge is -2.14. The summed E-state index contributed by atoms with van der Waals surface area (Å²) in [7, 11) is 0. The number of ether oxygens (including phenoxy) is 1. The van der Waals surface area contributed by atoms with Crippen molar-refractivity contribution in [1.82, 2.24) is 9.38 Å². The first kappa shape index (κ1) is 14.6. The Labute approximate surface area is 131 Å². The van der Waals surface area contributed by atoms with E-state index >= 15 is 0 Å². The van der Waals surface area contributed by atoms with Crippen LogP contribution in [0.3, 0.4) is 0 Å². The van der Waals surface area contributed by atoms with Gasteiger partial charge in [-0.3, -0.25) is 4.40 Å². The minimum absolute atomic E-state index is 0.0513. The van der Waals surface area contributed by atoms with E-state index in [1.54, 1.807) is 6.20 Å². The highest BCUT2D eigenvalue weighted by Crippen LogP contribution is 2.36. The van der Waals surface area contributed by atoms with Gasteiger partial charge in [0.2, 0.25) is 0 Å². The molecule has 22 heavy (non-hydrogen) atoms. The molecule has 5 nitrogen and oxygen atoms in total. The van der Waals surface area contributed by atoms with E-state index in [-0.39, 0.29) is 5.69 Å². The van der Waals surface area contributed by atoms with Gasteiger partial charge in [0.05, 0.1) is 12.3 Å². The van der Waals surface area contributed by atoms with E-state index in [4.69, 9.17) is 9.84 Å². The van der Waals surface area contributed by atoms with E-state index in [0.717, 1.165) is 28.1 Å². The second kappa shape index (κ2) is 5.46. The molecule has 114 valence electrons. The summed E-state index contributed by atoms with van der Waals surface area (Å²) in [5.41, 5.74) is 4.11. The third-order valence-corrected chi connectivity index (χ3v) is 4.25. The minimum atomic E-state index is -1.02. The number of carboxylic acids is 1. The molecule has 2 heterocycles. The maximum atomic E-state index is 11.1. The van der Waals surface area contributed by atoms with E-state index in [9.17, 15) is 4.79 Å². The highest BCUT2D eigenvalue weighted by atomic mass is 32.1. The fourth-order valence-corrected chi connectivity index (χ4v) is 3.43. The second-order valence-corrected chi connectivity index (χ2v) is 5.93. The normalized spacial score (nSPS) is 11.0. The van der Waals surface area contributed by atoms with E-state index < -0.39 is 5.97 Å². The number of rotatable bonds is 4. The van der Waals surface area contributed by atoms with Crippen LogP contribution in [0.25, 0.3) is 16.2 Å². The van der Waals surface area contributed by atoms with E-state index in [1.165, 1.54) is 11.3 Å². The molecule has 0 aliphatic rings. The average molecular weight is 316 g/mol. The van der Waals surface area contributed by atoms with Crippen LogP contribution in [-0.4, -0.2) is 27.1 Å². The Balaban J connectivity index is 2.24. The highest BCUT2D eigenvalue weighted by Gasteiger charge is 2.17. The first-order valence-corrected chi connectivity index (χ1v) is 7.83. The predicted octanol–water partition coefficient (Wildman–Crippen LogP) is 3.78. The molecule has 0 saturated heterocycles. The van der Waals surface area contributed by atoms with Crippen LogP contribution in [0.1, 0.15) is 28.5 Å². The smallest absolute Gasteiger partial charge is 0.356 e. The van der Waals surface area contributed by atoms with Crippen molar-refractivity contribution in [3.8, 4) is 17.0 Å². The lowest BCUT2D eigenvalue weighted by molar-refractivity contribution is 0.0691. The minimum Gasteiger partial charge on any atom is -0.493 e. The number of nitrogens with zero attached hydrogens (tertiary/aromatic N) is 2. The first-order valence-electron chi connectivity index (χ1n) is 6.95. The molecule has 1 N–H and O–H groups in total. The number of aromatic carboxylic acids is 1. The van der Waals surface area contributed by atoms with Crippen molar-refractivity contribution in [3.05, 3.63) is 40.5 Å². The van der Waals surface area contributed by atoms with Crippen molar-refractivity contribution in [1.29, 1.82) is 0 Å². The zero-order valence-electron chi connectivity index (χ0n) is 12.6. The molecule has 0 unspecified atom stereocenters. The summed E-state index contributed by atoms with van der Waals surface area (Å²) in [5, 5.41) is 11.1. The van der Waals surface area contributed by atoms with Gasteiger partial charge < -0.3 is 9.84 Å². The summed E-state index contributed by atoms with van der Waals surface area (Å²) in [5.74, 6) is -0.189.